The highest BCUT2D eigenvalue weighted by Gasteiger charge is 2.22. The van der Waals surface area contributed by atoms with Crippen LogP contribution in [0.25, 0.3) is 33.6 Å². The van der Waals surface area contributed by atoms with Crippen LogP contribution in [0, 0.1) is 5.92 Å². The molecular weight excluding hydrogens is 667 g/mol. The van der Waals surface area contributed by atoms with Crippen LogP contribution in [0.15, 0.2) is 48.8 Å². The molecule has 12 nitrogen and oxygen atoms in total. The summed E-state index contributed by atoms with van der Waals surface area (Å²) in [7, 11) is 3.11. The molecule has 2 aromatic carbocycles. The summed E-state index contributed by atoms with van der Waals surface area (Å²) in [6.07, 6.45) is 6.18. The van der Waals surface area contributed by atoms with E-state index in [1.165, 1.54) is 0 Å². The highest BCUT2D eigenvalue weighted by atomic mass is 35.5. The molecule has 2 amide bonds. The molecule has 49 heavy (non-hydrogen) atoms. The van der Waals surface area contributed by atoms with Gasteiger partial charge in [-0.05, 0) is 25.3 Å². The number of hydrogen-bond acceptors (Lipinski definition) is 10. The molecule has 256 valence electrons. The molecule has 0 bridgehead atoms. The number of nitrogens with zero attached hydrogens (tertiary/aromatic N) is 4. The van der Waals surface area contributed by atoms with E-state index in [4.69, 9.17) is 42.6 Å². The van der Waals surface area contributed by atoms with Crippen molar-refractivity contribution in [2.75, 3.05) is 33.9 Å². The fourth-order valence-electron chi connectivity index (χ4n) is 6.12. The molecule has 4 aromatic rings. The third-order valence-corrected chi connectivity index (χ3v) is 9.51. The fraction of sp³-hybridized carbons (Fsp3) is 0.371. The number of piperidine rings is 1. The van der Waals surface area contributed by atoms with Crippen LogP contribution in [-0.4, -0.2) is 71.6 Å². The number of aromatic nitrogens is 4. The average molecular weight is 706 g/mol. The molecule has 4 heterocycles. The molecule has 2 aliphatic rings. The van der Waals surface area contributed by atoms with Crippen LogP contribution in [0.3, 0.4) is 0 Å². The second-order valence-electron chi connectivity index (χ2n) is 12.0. The van der Waals surface area contributed by atoms with Crippen LogP contribution >= 0.6 is 23.2 Å². The van der Waals surface area contributed by atoms with Crippen molar-refractivity contribution in [3.05, 3.63) is 70.2 Å². The minimum absolute atomic E-state index is 0.0803. The Morgan fingerprint density at radius 1 is 0.776 bits per heavy atom. The zero-order chi connectivity index (χ0) is 34.3. The molecule has 0 saturated carbocycles. The van der Waals surface area contributed by atoms with E-state index in [2.05, 4.69) is 31.2 Å². The largest absolute Gasteiger partial charge is 0.480 e. The van der Waals surface area contributed by atoms with Crippen LogP contribution in [-0.2, 0) is 22.7 Å². The van der Waals surface area contributed by atoms with Crippen LogP contribution in [0.2, 0.25) is 10.0 Å². The maximum Gasteiger partial charge on any atom is 0.237 e. The van der Waals surface area contributed by atoms with E-state index in [9.17, 15) is 9.59 Å². The zero-order valence-corrected chi connectivity index (χ0v) is 28.8. The molecule has 0 radical (unpaired) electrons. The number of amides is 2. The van der Waals surface area contributed by atoms with Gasteiger partial charge in [-0.25, -0.2) is 9.97 Å². The number of nitrogens with one attached hydrogen (secondary N) is 4. The van der Waals surface area contributed by atoms with Gasteiger partial charge in [0.25, 0.3) is 0 Å². The minimum atomic E-state index is 0.0803. The first-order valence-electron chi connectivity index (χ1n) is 16.2. The molecule has 2 atom stereocenters. The monoisotopic (exact) mass is 704 g/mol. The Labute approximate surface area is 294 Å². The van der Waals surface area contributed by atoms with E-state index in [1.807, 2.05) is 36.4 Å². The molecule has 2 aliphatic heterocycles. The standard InChI is InChI=1S/C35H38Cl2N8O4/c1-48-34-28(16-38-14-20-11-12-40-31(47)13-20)41-18-26(44-34)24-7-3-5-22(32(24)36)23-6-4-8-25(33(23)37)27-19-42-29(35(45-27)49-2)17-39-15-21-9-10-30(46)43-21/h3-8,18-21,38-39H,9-17H2,1-2H3,(H,40,47)(H,43,46)/t20?,21-/m0/s1. The Hall–Kier alpha value is -4.36. The van der Waals surface area contributed by atoms with Crippen LogP contribution in [0.5, 0.6) is 11.8 Å². The lowest BCUT2D eigenvalue weighted by atomic mass is 9.97. The number of benzene rings is 2. The lowest BCUT2D eigenvalue weighted by molar-refractivity contribution is -0.123. The van der Waals surface area contributed by atoms with Crippen molar-refractivity contribution in [2.24, 2.45) is 5.92 Å². The normalized spacial score (nSPS) is 17.5. The fourth-order valence-corrected chi connectivity index (χ4v) is 6.76. The quantitative estimate of drug-likeness (QED) is 0.156. The lowest BCUT2D eigenvalue weighted by Crippen LogP contribution is -2.37. The van der Waals surface area contributed by atoms with Gasteiger partial charge < -0.3 is 30.7 Å². The molecule has 4 N–H and O–H groups in total. The topological polar surface area (TPSA) is 152 Å². The van der Waals surface area contributed by atoms with Crippen molar-refractivity contribution < 1.29 is 19.1 Å². The first kappa shape index (κ1) is 34.5. The maximum absolute atomic E-state index is 11.7. The van der Waals surface area contributed by atoms with Crippen molar-refractivity contribution in [1.29, 1.82) is 0 Å². The third-order valence-electron chi connectivity index (χ3n) is 8.69. The van der Waals surface area contributed by atoms with Gasteiger partial charge in [-0.1, -0.05) is 59.6 Å². The van der Waals surface area contributed by atoms with E-state index in [1.54, 1.807) is 26.6 Å². The molecule has 1 unspecified atom stereocenters. The summed E-state index contributed by atoms with van der Waals surface area (Å²) in [4.78, 5) is 41.9. The molecule has 0 aliphatic carbocycles. The first-order chi connectivity index (χ1) is 23.8. The second-order valence-corrected chi connectivity index (χ2v) is 12.8. The van der Waals surface area contributed by atoms with Crippen LogP contribution in [0.1, 0.15) is 37.1 Å². The van der Waals surface area contributed by atoms with Crippen molar-refractivity contribution in [3.63, 3.8) is 0 Å². The second kappa shape index (κ2) is 15.9. The van der Waals surface area contributed by atoms with Gasteiger partial charge in [-0.15, -0.1) is 0 Å². The number of hydrogen-bond donors (Lipinski definition) is 4. The average Bonchev–Trinajstić information content (AvgIpc) is 3.53. The van der Waals surface area contributed by atoms with Gasteiger partial charge in [-0.3, -0.25) is 19.6 Å². The number of carbonyl (C=O) groups is 2. The number of ether oxygens (including phenoxy) is 2. The van der Waals surface area contributed by atoms with Crippen LogP contribution in [0.4, 0.5) is 0 Å². The SMILES string of the molecule is COc1nc(-c2cccc(-c3cccc(-c4cnc(CNC[C@@H]5CCC(=O)N5)c(OC)n4)c3Cl)c2Cl)cnc1CNCC1CCNC(=O)C1. The summed E-state index contributed by atoms with van der Waals surface area (Å²) in [5, 5.41) is 13.4. The first-order valence-corrected chi connectivity index (χ1v) is 17.0. The van der Waals surface area contributed by atoms with Crippen molar-refractivity contribution >= 4 is 35.0 Å². The Morgan fingerprint density at radius 2 is 1.33 bits per heavy atom. The predicted molar refractivity (Wildman–Crippen MR) is 187 cm³/mol. The van der Waals surface area contributed by atoms with E-state index >= 15 is 0 Å². The Morgan fingerprint density at radius 3 is 1.84 bits per heavy atom. The summed E-state index contributed by atoms with van der Waals surface area (Å²) in [6, 6.07) is 11.5. The van der Waals surface area contributed by atoms with Gasteiger partial charge >= 0.3 is 0 Å². The lowest BCUT2D eigenvalue weighted by Gasteiger charge is -2.22. The summed E-state index contributed by atoms with van der Waals surface area (Å²) in [6.45, 7) is 2.93. The maximum atomic E-state index is 11.7. The van der Waals surface area contributed by atoms with Gasteiger partial charge in [-0.2, -0.15) is 0 Å². The van der Waals surface area contributed by atoms with E-state index < -0.39 is 0 Å². The molecule has 2 aromatic heterocycles. The number of halogens is 2. The molecule has 14 heteroatoms. The van der Waals surface area contributed by atoms with Gasteiger partial charge in [0.05, 0.1) is 48.0 Å². The smallest absolute Gasteiger partial charge is 0.237 e. The summed E-state index contributed by atoms with van der Waals surface area (Å²) < 4.78 is 11.2. The summed E-state index contributed by atoms with van der Waals surface area (Å²) >= 11 is 14.1. The molecule has 2 saturated heterocycles. The van der Waals surface area contributed by atoms with Gasteiger partial charge in [0.1, 0.15) is 11.4 Å². The highest BCUT2D eigenvalue weighted by molar-refractivity contribution is 6.39. The van der Waals surface area contributed by atoms with E-state index in [0.717, 1.165) is 12.8 Å². The van der Waals surface area contributed by atoms with E-state index in [-0.39, 0.29) is 23.8 Å². The minimum Gasteiger partial charge on any atom is -0.480 e. The van der Waals surface area contributed by atoms with E-state index in [0.29, 0.717) is 112 Å². The molecule has 6 rings (SSSR count). The van der Waals surface area contributed by atoms with Crippen molar-refractivity contribution in [2.45, 2.75) is 44.8 Å². The third kappa shape index (κ3) is 8.10. The molecular formula is C35H38Cl2N8O4. The summed E-state index contributed by atoms with van der Waals surface area (Å²) in [5.74, 6) is 1.23. The van der Waals surface area contributed by atoms with Crippen molar-refractivity contribution in [3.8, 4) is 45.4 Å². The van der Waals surface area contributed by atoms with Gasteiger partial charge in [0.15, 0.2) is 0 Å². The Bertz CT molecular complexity index is 1840. The van der Waals surface area contributed by atoms with Crippen molar-refractivity contribution in [1.82, 2.24) is 41.2 Å². The summed E-state index contributed by atoms with van der Waals surface area (Å²) in [5.41, 5.74) is 5.20. The van der Waals surface area contributed by atoms with Gasteiger partial charge in [0, 0.05) is 67.3 Å². The van der Waals surface area contributed by atoms with Crippen LogP contribution < -0.4 is 30.7 Å². The van der Waals surface area contributed by atoms with Gasteiger partial charge in [0.2, 0.25) is 23.6 Å². The number of methoxy groups -OCH3 is 2. The number of rotatable bonds is 13. The predicted octanol–water partition coefficient (Wildman–Crippen LogP) is 4.58. The highest BCUT2D eigenvalue weighted by Crippen LogP contribution is 2.42. The molecule has 0 spiro atoms. The Balaban J connectivity index is 1.19. The zero-order valence-electron chi connectivity index (χ0n) is 27.3. The molecule has 2 fully saturated rings. The number of carbonyl (C=O) groups excluding carboxylic acids is 2. The Kier molecular flexibility index (Phi) is 11.2.